The minimum absolute atomic E-state index is 0.153. The summed E-state index contributed by atoms with van der Waals surface area (Å²) in [6.07, 6.45) is 36.9. The minimum atomic E-state index is -4.14. The van der Waals surface area contributed by atoms with Crippen LogP contribution in [0.15, 0.2) is 60.7 Å². The van der Waals surface area contributed by atoms with Crippen LogP contribution in [0.3, 0.4) is 0 Å². The quantitative estimate of drug-likeness (QED) is 0.0376. The highest BCUT2D eigenvalue weighted by molar-refractivity contribution is 7.49. The third-order valence-electron chi connectivity index (χ3n) is 10.6. The van der Waals surface area contributed by atoms with Crippen LogP contribution in [0.4, 0.5) is 0 Å². The molecule has 0 aliphatic rings. The van der Waals surface area contributed by atoms with E-state index >= 15 is 0 Å². The molecule has 0 saturated carbocycles. The Kier molecular flexibility index (Phi) is 32.7. The van der Waals surface area contributed by atoms with Crippen molar-refractivity contribution in [2.24, 2.45) is 0 Å². The molecule has 0 saturated heterocycles. The Labute approximate surface area is 349 Å². The highest BCUT2D eigenvalue weighted by atomic mass is 31.2. The summed E-state index contributed by atoms with van der Waals surface area (Å²) in [5, 5.41) is 0. The number of rotatable bonds is 41. The molecule has 1 atom stereocenters. The van der Waals surface area contributed by atoms with E-state index in [-0.39, 0.29) is 19.2 Å². The predicted octanol–water partition coefficient (Wildman–Crippen LogP) is 15.9. The van der Waals surface area contributed by atoms with E-state index in [9.17, 15) is 9.36 Å². The van der Waals surface area contributed by atoms with E-state index < -0.39 is 13.9 Å². The van der Waals surface area contributed by atoms with Crippen LogP contribution in [0.1, 0.15) is 206 Å². The van der Waals surface area contributed by atoms with Crippen LogP contribution >= 0.6 is 7.82 Å². The van der Waals surface area contributed by atoms with E-state index in [0.29, 0.717) is 24.5 Å². The molecular weight excluding hydrogens is 732 g/mol. The van der Waals surface area contributed by atoms with Crippen molar-refractivity contribution in [3.8, 4) is 11.5 Å². The number of hydrogen-bond acceptors (Lipinski definition) is 7. The fourth-order valence-electron chi connectivity index (χ4n) is 7.08. The monoisotopic (exact) mass is 815 g/mol. The van der Waals surface area contributed by atoms with E-state index in [1.165, 1.54) is 154 Å². The molecule has 326 valence electrons. The van der Waals surface area contributed by atoms with E-state index in [1.807, 2.05) is 12.1 Å². The zero-order valence-electron chi connectivity index (χ0n) is 36.5. The summed E-state index contributed by atoms with van der Waals surface area (Å²) in [4.78, 5) is 13.0. The number of phosphoric ester groups is 1. The smallest absolute Gasteiger partial charge is 0.457 e. The first-order chi connectivity index (χ1) is 28.0. The van der Waals surface area contributed by atoms with Gasteiger partial charge in [0.2, 0.25) is 0 Å². The summed E-state index contributed by atoms with van der Waals surface area (Å²) >= 11 is 0. The first kappa shape index (κ1) is 50.8. The van der Waals surface area contributed by atoms with Crippen LogP contribution in [-0.2, 0) is 23.4 Å². The summed E-state index contributed by atoms with van der Waals surface area (Å²) in [6.45, 7) is 5.09. The van der Waals surface area contributed by atoms with Gasteiger partial charge < -0.3 is 18.5 Å². The van der Waals surface area contributed by atoms with Crippen LogP contribution in [0.25, 0.3) is 0 Å². The number of ether oxygens (including phenoxy) is 2. The highest BCUT2D eigenvalue weighted by Crippen LogP contribution is 2.49. The first-order valence-corrected chi connectivity index (χ1v) is 25.0. The van der Waals surface area contributed by atoms with Crippen molar-refractivity contribution in [2.75, 3.05) is 19.8 Å². The van der Waals surface area contributed by atoms with Gasteiger partial charge in [0.15, 0.2) is 0 Å². The normalized spacial score (nSPS) is 12.1. The predicted molar refractivity (Wildman–Crippen MR) is 238 cm³/mol. The van der Waals surface area contributed by atoms with Gasteiger partial charge in [-0.25, -0.2) is 4.57 Å². The van der Waals surface area contributed by atoms with Gasteiger partial charge in [0.1, 0.15) is 24.2 Å². The molecule has 1 unspecified atom stereocenters. The Morgan fingerprint density at radius 1 is 0.474 bits per heavy atom. The minimum Gasteiger partial charge on any atom is -0.457 e. The number of esters is 1. The third kappa shape index (κ3) is 30.4. The second kappa shape index (κ2) is 36.7. The number of hydrogen-bond donors (Lipinski definition) is 0. The Balaban J connectivity index is 1.72. The number of carbonyl (C=O) groups is 1. The number of para-hydroxylation sites is 2. The highest BCUT2D eigenvalue weighted by Gasteiger charge is 2.33. The van der Waals surface area contributed by atoms with Crippen LogP contribution in [0.2, 0.25) is 0 Å². The van der Waals surface area contributed by atoms with Gasteiger partial charge in [-0.05, 0) is 37.1 Å². The molecule has 0 aliphatic heterocycles. The molecular formula is C49H83O7P. The second-order valence-electron chi connectivity index (χ2n) is 16.0. The molecule has 2 aromatic carbocycles. The Morgan fingerprint density at radius 3 is 1.21 bits per heavy atom. The fourth-order valence-corrected chi connectivity index (χ4v) is 8.33. The Bertz CT molecular complexity index is 1170. The van der Waals surface area contributed by atoms with E-state index in [0.717, 1.165) is 32.1 Å². The summed E-state index contributed by atoms with van der Waals surface area (Å²) in [5.74, 6) is 0.417. The zero-order chi connectivity index (χ0) is 40.8. The van der Waals surface area contributed by atoms with Gasteiger partial charge in [-0.15, -0.1) is 0 Å². The molecule has 0 aliphatic carbocycles. The van der Waals surface area contributed by atoms with Gasteiger partial charge in [-0.2, -0.15) is 0 Å². The SMILES string of the molecule is CCCCCCCCCCCCCCCCCCOCC(COP(=O)(Oc1ccccc1)Oc1ccccc1)OC(=O)CCCCCCCCCCCCCCC. The standard InChI is InChI=1S/C49H83O7P/c1-3-5-7-9-11-13-15-17-18-19-21-23-25-27-29-37-43-52-44-48(54-49(50)42-36-28-26-24-22-20-16-14-12-10-8-6-4-2)45-53-57(51,55-46-38-32-30-33-39-46)56-47-40-34-31-35-41-47/h30-35,38-41,48H,3-29,36-37,42-45H2,1-2H3. The van der Waals surface area contributed by atoms with Crippen molar-refractivity contribution in [1.29, 1.82) is 0 Å². The summed E-state index contributed by atoms with van der Waals surface area (Å²) in [6, 6.07) is 17.6. The van der Waals surface area contributed by atoms with Gasteiger partial charge >= 0.3 is 13.8 Å². The molecule has 0 spiro atoms. The number of carbonyl (C=O) groups excluding carboxylic acids is 1. The fraction of sp³-hybridized carbons (Fsp3) is 0.735. The molecule has 0 bridgehead atoms. The average Bonchev–Trinajstić information content (AvgIpc) is 3.21. The summed E-state index contributed by atoms with van der Waals surface area (Å²) < 4.78 is 43.3. The molecule has 0 fully saturated rings. The first-order valence-electron chi connectivity index (χ1n) is 23.6. The Hall–Kier alpha value is -2.34. The lowest BCUT2D eigenvalue weighted by atomic mass is 10.0. The van der Waals surface area contributed by atoms with Crippen molar-refractivity contribution in [1.82, 2.24) is 0 Å². The van der Waals surface area contributed by atoms with Gasteiger partial charge in [0.25, 0.3) is 0 Å². The number of phosphoric acid groups is 1. The van der Waals surface area contributed by atoms with Crippen molar-refractivity contribution in [3.05, 3.63) is 60.7 Å². The maximum Gasteiger partial charge on any atom is 0.587 e. The maximum absolute atomic E-state index is 13.9. The van der Waals surface area contributed by atoms with Gasteiger partial charge in [-0.3, -0.25) is 9.32 Å². The van der Waals surface area contributed by atoms with Crippen molar-refractivity contribution < 1.29 is 32.4 Å². The average molecular weight is 815 g/mol. The lowest BCUT2D eigenvalue weighted by molar-refractivity contribution is -0.154. The van der Waals surface area contributed by atoms with Crippen LogP contribution < -0.4 is 9.05 Å². The molecule has 8 heteroatoms. The molecule has 0 amide bonds. The maximum atomic E-state index is 13.9. The molecule has 0 aromatic heterocycles. The largest absolute Gasteiger partial charge is 0.587 e. The topological polar surface area (TPSA) is 80.3 Å². The second-order valence-corrected chi connectivity index (χ2v) is 17.6. The van der Waals surface area contributed by atoms with Gasteiger partial charge in [0.05, 0.1) is 6.61 Å². The third-order valence-corrected chi connectivity index (χ3v) is 11.9. The molecule has 0 radical (unpaired) electrons. The number of unbranched alkanes of at least 4 members (excludes halogenated alkanes) is 27. The molecule has 57 heavy (non-hydrogen) atoms. The summed E-state index contributed by atoms with van der Waals surface area (Å²) in [7, 11) is -4.14. The Morgan fingerprint density at radius 2 is 0.825 bits per heavy atom. The van der Waals surface area contributed by atoms with Gasteiger partial charge in [-0.1, -0.05) is 224 Å². The van der Waals surface area contributed by atoms with Crippen molar-refractivity contribution >= 4 is 13.8 Å². The van der Waals surface area contributed by atoms with Gasteiger partial charge in [0, 0.05) is 13.0 Å². The molecule has 2 aromatic rings. The number of benzene rings is 2. The van der Waals surface area contributed by atoms with Crippen LogP contribution in [-0.4, -0.2) is 31.9 Å². The zero-order valence-corrected chi connectivity index (χ0v) is 37.4. The molecule has 7 nitrogen and oxygen atoms in total. The van der Waals surface area contributed by atoms with Crippen LogP contribution in [0.5, 0.6) is 11.5 Å². The van der Waals surface area contributed by atoms with E-state index in [1.54, 1.807) is 48.5 Å². The molecule has 2 rings (SSSR count). The van der Waals surface area contributed by atoms with E-state index in [2.05, 4.69) is 13.8 Å². The van der Waals surface area contributed by atoms with Crippen molar-refractivity contribution in [2.45, 2.75) is 213 Å². The van der Waals surface area contributed by atoms with Crippen LogP contribution in [0, 0.1) is 0 Å². The van der Waals surface area contributed by atoms with Crippen molar-refractivity contribution in [3.63, 3.8) is 0 Å². The van der Waals surface area contributed by atoms with E-state index in [4.69, 9.17) is 23.0 Å². The summed E-state index contributed by atoms with van der Waals surface area (Å²) in [5.41, 5.74) is 0. The lowest BCUT2D eigenvalue weighted by Gasteiger charge is -2.23. The molecule has 0 N–H and O–H groups in total. The molecule has 0 heterocycles. The lowest BCUT2D eigenvalue weighted by Crippen LogP contribution is -2.29.